The van der Waals surface area contributed by atoms with Crippen molar-refractivity contribution in [2.75, 3.05) is 30.3 Å². The third-order valence-corrected chi connectivity index (χ3v) is 4.65. The van der Waals surface area contributed by atoms with Gasteiger partial charge < -0.3 is 15.7 Å². The molecule has 0 fully saturated rings. The Hall–Kier alpha value is -1.04. The van der Waals surface area contributed by atoms with Crippen LogP contribution in [0.5, 0.6) is 0 Å². The molecule has 0 amide bonds. The number of likely N-dealkylation sites (N-methyl/N-ethyl adjacent to an activating group) is 1. The SMILES string of the molecule is CCN(CCO)c1cccc(C)c1.Cc1cc(Br)c(N)c(Br)c1. The molecule has 3 N–H and O–H groups in total. The summed E-state index contributed by atoms with van der Waals surface area (Å²) >= 11 is 6.68. The van der Waals surface area contributed by atoms with E-state index in [0.717, 1.165) is 21.2 Å². The number of aryl methyl sites for hydroxylation is 2. The van der Waals surface area contributed by atoms with Crippen LogP contribution < -0.4 is 10.6 Å². The Labute approximate surface area is 155 Å². The maximum Gasteiger partial charge on any atom is 0.0606 e. The zero-order chi connectivity index (χ0) is 17.4. The lowest BCUT2D eigenvalue weighted by Gasteiger charge is -2.22. The fourth-order valence-electron chi connectivity index (χ4n) is 2.13. The van der Waals surface area contributed by atoms with Gasteiger partial charge in [-0.15, -0.1) is 0 Å². The van der Waals surface area contributed by atoms with Crippen molar-refractivity contribution in [3.05, 3.63) is 56.5 Å². The number of nitrogens with two attached hydrogens (primary N) is 1. The van der Waals surface area contributed by atoms with Crippen molar-refractivity contribution in [2.24, 2.45) is 0 Å². The standard InChI is InChI=1S/C11H17NO.C7H7Br2N/c1-3-12(7-8-13)11-6-4-5-10(2)9-11;1-4-2-5(8)7(10)6(9)3-4/h4-6,9,13H,3,7-8H2,1-2H3;2-3H,10H2,1H3. The van der Waals surface area contributed by atoms with Gasteiger partial charge in [0.1, 0.15) is 0 Å². The first kappa shape index (κ1) is 20.0. The summed E-state index contributed by atoms with van der Waals surface area (Å²) in [4.78, 5) is 2.16. The highest BCUT2D eigenvalue weighted by Crippen LogP contribution is 2.28. The lowest BCUT2D eigenvalue weighted by molar-refractivity contribution is 0.302. The summed E-state index contributed by atoms with van der Waals surface area (Å²) in [6.45, 7) is 8.05. The molecule has 0 bridgehead atoms. The van der Waals surface area contributed by atoms with Crippen LogP contribution in [0.1, 0.15) is 18.1 Å². The van der Waals surface area contributed by atoms with Crippen molar-refractivity contribution in [1.29, 1.82) is 0 Å². The van der Waals surface area contributed by atoms with Gasteiger partial charge in [0, 0.05) is 27.7 Å². The number of hydrogen-bond acceptors (Lipinski definition) is 3. The van der Waals surface area contributed by atoms with Crippen LogP contribution in [0.2, 0.25) is 0 Å². The number of anilines is 2. The van der Waals surface area contributed by atoms with Gasteiger partial charge in [-0.2, -0.15) is 0 Å². The number of aliphatic hydroxyl groups is 1. The zero-order valence-corrected chi connectivity index (χ0v) is 17.0. The largest absolute Gasteiger partial charge is 0.397 e. The first-order chi connectivity index (χ1) is 10.9. The molecule has 0 atom stereocenters. The number of benzene rings is 2. The third kappa shape index (κ3) is 6.53. The number of aliphatic hydroxyl groups excluding tert-OH is 1. The van der Waals surface area contributed by atoms with Crippen molar-refractivity contribution in [2.45, 2.75) is 20.8 Å². The van der Waals surface area contributed by atoms with E-state index in [1.807, 2.05) is 25.1 Å². The Bertz CT molecular complexity index is 609. The van der Waals surface area contributed by atoms with Gasteiger partial charge in [-0.3, -0.25) is 0 Å². The van der Waals surface area contributed by atoms with E-state index in [9.17, 15) is 0 Å². The Kier molecular flexibility index (Phi) is 8.66. The average Bonchev–Trinajstić information content (AvgIpc) is 2.50. The minimum Gasteiger partial charge on any atom is -0.397 e. The maximum absolute atomic E-state index is 8.86. The highest BCUT2D eigenvalue weighted by molar-refractivity contribution is 9.11. The molecule has 2 aromatic carbocycles. The minimum atomic E-state index is 0.210. The van der Waals surface area contributed by atoms with Gasteiger partial charge in [0.2, 0.25) is 0 Å². The van der Waals surface area contributed by atoms with Crippen LogP contribution >= 0.6 is 31.9 Å². The first-order valence-electron chi connectivity index (χ1n) is 7.52. The van der Waals surface area contributed by atoms with Crippen LogP contribution in [-0.2, 0) is 0 Å². The molecule has 0 heterocycles. The molecule has 0 spiro atoms. The molecule has 2 rings (SSSR count). The Balaban J connectivity index is 0.000000238. The van der Waals surface area contributed by atoms with Crippen molar-refractivity contribution >= 4 is 43.2 Å². The predicted octanol–water partition coefficient (Wildman–Crippen LogP) is 4.92. The van der Waals surface area contributed by atoms with Crippen molar-refractivity contribution < 1.29 is 5.11 Å². The Morgan fingerprint density at radius 3 is 2.13 bits per heavy atom. The minimum absolute atomic E-state index is 0.210. The summed E-state index contributed by atoms with van der Waals surface area (Å²) in [7, 11) is 0. The molecule has 0 aliphatic carbocycles. The molecule has 0 saturated carbocycles. The van der Waals surface area contributed by atoms with Crippen LogP contribution in [0.4, 0.5) is 11.4 Å². The third-order valence-electron chi connectivity index (χ3n) is 3.34. The Morgan fingerprint density at radius 1 is 1.04 bits per heavy atom. The van der Waals surface area contributed by atoms with E-state index in [1.54, 1.807) is 0 Å². The van der Waals surface area contributed by atoms with E-state index in [2.05, 4.69) is 68.8 Å². The molecule has 126 valence electrons. The molecule has 3 nitrogen and oxygen atoms in total. The van der Waals surface area contributed by atoms with E-state index in [4.69, 9.17) is 10.8 Å². The smallest absolute Gasteiger partial charge is 0.0606 e. The molecule has 2 aromatic rings. The molecule has 0 aliphatic rings. The summed E-state index contributed by atoms with van der Waals surface area (Å²) in [6, 6.07) is 12.3. The average molecular weight is 444 g/mol. The Morgan fingerprint density at radius 2 is 1.65 bits per heavy atom. The number of hydrogen-bond donors (Lipinski definition) is 2. The zero-order valence-electron chi connectivity index (χ0n) is 13.8. The van der Waals surface area contributed by atoms with E-state index < -0.39 is 0 Å². The van der Waals surface area contributed by atoms with Gasteiger partial charge in [-0.25, -0.2) is 0 Å². The van der Waals surface area contributed by atoms with Crippen LogP contribution in [-0.4, -0.2) is 24.8 Å². The van der Waals surface area contributed by atoms with Crippen LogP contribution in [0.15, 0.2) is 45.3 Å². The highest BCUT2D eigenvalue weighted by atomic mass is 79.9. The normalized spacial score (nSPS) is 10.0. The van der Waals surface area contributed by atoms with Gasteiger partial charge in [0.15, 0.2) is 0 Å². The quantitative estimate of drug-likeness (QED) is 0.659. The van der Waals surface area contributed by atoms with Gasteiger partial charge >= 0.3 is 0 Å². The molecular formula is C18H24Br2N2O. The number of nitrogen functional groups attached to an aromatic ring is 1. The molecule has 0 saturated heterocycles. The van der Waals surface area contributed by atoms with Gasteiger partial charge in [0.05, 0.1) is 12.3 Å². The lowest BCUT2D eigenvalue weighted by Crippen LogP contribution is -2.26. The van der Waals surface area contributed by atoms with Gasteiger partial charge in [-0.05, 0) is 88.0 Å². The van der Waals surface area contributed by atoms with Crippen molar-refractivity contribution in [3.8, 4) is 0 Å². The second-order valence-electron chi connectivity index (χ2n) is 5.28. The summed E-state index contributed by atoms with van der Waals surface area (Å²) in [5.74, 6) is 0. The summed E-state index contributed by atoms with van der Waals surface area (Å²) < 4.78 is 1.89. The van der Waals surface area contributed by atoms with Crippen molar-refractivity contribution in [1.82, 2.24) is 0 Å². The van der Waals surface area contributed by atoms with Crippen LogP contribution in [0.25, 0.3) is 0 Å². The van der Waals surface area contributed by atoms with E-state index in [1.165, 1.54) is 16.8 Å². The lowest BCUT2D eigenvalue weighted by atomic mass is 10.2. The van der Waals surface area contributed by atoms with E-state index >= 15 is 0 Å². The number of halogens is 2. The van der Waals surface area contributed by atoms with Crippen LogP contribution in [0.3, 0.4) is 0 Å². The van der Waals surface area contributed by atoms with E-state index in [-0.39, 0.29) is 6.61 Å². The number of rotatable bonds is 4. The monoisotopic (exact) mass is 442 g/mol. The predicted molar refractivity (Wildman–Crippen MR) is 107 cm³/mol. The molecular weight excluding hydrogens is 420 g/mol. The second kappa shape index (κ2) is 9.96. The number of nitrogens with zero attached hydrogens (tertiary/aromatic N) is 1. The molecule has 0 aliphatic heterocycles. The summed E-state index contributed by atoms with van der Waals surface area (Å²) in [5, 5.41) is 8.86. The van der Waals surface area contributed by atoms with E-state index in [0.29, 0.717) is 6.54 Å². The molecule has 0 radical (unpaired) electrons. The fraction of sp³-hybridized carbons (Fsp3) is 0.333. The molecule has 0 unspecified atom stereocenters. The van der Waals surface area contributed by atoms with Gasteiger partial charge in [-0.1, -0.05) is 12.1 Å². The second-order valence-corrected chi connectivity index (χ2v) is 6.99. The van der Waals surface area contributed by atoms with Gasteiger partial charge in [0.25, 0.3) is 0 Å². The van der Waals surface area contributed by atoms with Crippen LogP contribution in [0, 0.1) is 13.8 Å². The first-order valence-corrected chi connectivity index (χ1v) is 9.11. The summed E-state index contributed by atoms with van der Waals surface area (Å²) in [6.07, 6.45) is 0. The van der Waals surface area contributed by atoms with Crippen molar-refractivity contribution in [3.63, 3.8) is 0 Å². The molecule has 5 heteroatoms. The molecule has 23 heavy (non-hydrogen) atoms. The highest BCUT2D eigenvalue weighted by Gasteiger charge is 2.02. The maximum atomic E-state index is 8.86. The summed E-state index contributed by atoms with van der Waals surface area (Å²) in [5.41, 5.74) is 10.0. The molecule has 0 aromatic heterocycles. The fourth-order valence-corrected chi connectivity index (χ4v) is 3.54. The topological polar surface area (TPSA) is 49.5 Å².